The Hall–Kier alpha value is -2.25. The molecular weight excluding hydrogens is 440 g/mol. The van der Waals surface area contributed by atoms with Gasteiger partial charge in [-0.1, -0.05) is 30.8 Å². The molecule has 4 rings (SSSR count). The largest absolute Gasteiger partial charge is 0.486 e. The quantitative estimate of drug-likeness (QED) is 0.541. The number of hydrogen-bond donors (Lipinski definition) is 1. The van der Waals surface area contributed by atoms with Crippen LogP contribution in [0, 0.1) is 0 Å². The molecule has 0 saturated carbocycles. The molecule has 0 saturated heterocycles. The highest BCUT2D eigenvalue weighted by Gasteiger charge is 2.16. The second-order valence-electron chi connectivity index (χ2n) is 6.31. The SMILES string of the molecule is CCc1cc2cc3c(cc2nc1SCC(=O)Nc1ccccc1Br)OCCO3. The summed E-state index contributed by atoms with van der Waals surface area (Å²) in [7, 11) is 0. The Morgan fingerprint density at radius 1 is 1.18 bits per heavy atom. The summed E-state index contributed by atoms with van der Waals surface area (Å²) in [6.07, 6.45) is 0.839. The highest BCUT2D eigenvalue weighted by molar-refractivity contribution is 9.10. The van der Waals surface area contributed by atoms with Crippen molar-refractivity contribution in [2.75, 3.05) is 24.3 Å². The first kappa shape index (κ1) is 19.1. The van der Waals surface area contributed by atoms with E-state index in [1.807, 2.05) is 36.4 Å². The van der Waals surface area contributed by atoms with Gasteiger partial charge in [-0.05, 0) is 52.2 Å². The first-order valence-electron chi connectivity index (χ1n) is 9.04. The molecule has 0 atom stereocenters. The predicted molar refractivity (Wildman–Crippen MR) is 116 cm³/mol. The standard InChI is InChI=1S/C21H19BrN2O3S/c1-2-13-9-14-10-18-19(27-8-7-26-18)11-17(14)24-21(13)28-12-20(25)23-16-6-4-3-5-15(16)22/h3-6,9-11H,2,7-8,12H2,1H3,(H,23,25). The maximum absolute atomic E-state index is 12.4. The minimum Gasteiger partial charge on any atom is -0.486 e. The molecule has 1 aliphatic heterocycles. The van der Waals surface area contributed by atoms with Crippen molar-refractivity contribution in [3.8, 4) is 11.5 Å². The van der Waals surface area contributed by atoms with Gasteiger partial charge in [0.2, 0.25) is 5.91 Å². The molecule has 0 unspecified atom stereocenters. The molecule has 3 aromatic rings. The van der Waals surface area contributed by atoms with Gasteiger partial charge in [0.25, 0.3) is 0 Å². The molecular formula is C21H19BrN2O3S. The number of rotatable bonds is 5. The summed E-state index contributed by atoms with van der Waals surface area (Å²) in [5.74, 6) is 1.70. The van der Waals surface area contributed by atoms with Crippen LogP contribution in [0.5, 0.6) is 11.5 Å². The lowest BCUT2D eigenvalue weighted by atomic mass is 10.1. The zero-order valence-electron chi connectivity index (χ0n) is 15.3. The van der Waals surface area contributed by atoms with Gasteiger partial charge in [0, 0.05) is 15.9 Å². The Labute approximate surface area is 176 Å². The number of aryl methyl sites for hydroxylation is 1. The van der Waals surface area contributed by atoms with Crippen LogP contribution in [-0.4, -0.2) is 29.9 Å². The Kier molecular flexibility index (Phi) is 5.73. The Balaban J connectivity index is 1.54. The highest BCUT2D eigenvalue weighted by Crippen LogP contribution is 2.36. The van der Waals surface area contributed by atoms with Gasteiger partial charge in [0.1, 0.15) is 18.2 Å². The van der Waals surface area contributed by atoms with Gasteiger partial charge < -0.3 is 14.8 Å². The van der Waals surface area contributed by atoms with Crippen molar-refractivity contribution in [1.29, 1.82) is 0 Å². The van der Waals surface area contributed by atoms with Gasteiger partial charge in [0.15, 0.2) is 11.5 Å². The summed E-state index contributed by atoms with van der Waals surface area (Å²) in [6, 6.07) is 13.6. The monoisotopic (exact) mass is 458 g/mol. The number of nitrogens with zero attached hydrogens (tertiary/aromatic N) is 1. The number of amides is 1. The molecule has 0 aliphatic carbocycles. The summed E-state index contributed by atoms with van der Waals surface area (Å²) in [4.78, 5) is 17.2. The number of benzene rings is 2. The molecule has 7 heteroatoms. The molecule has 1 aromatic heterocycles. The Morgan fingerprint density at radius 2 is 1.93 bits per heavy atom. The number of para-hydroxylation sites is 1. The number of nitrogens with one attached hydrogen (secondary N) is 1. The first-order valence-corrected chi connectivity index (χ1v) is 10.8. The average molecular weight is 459 g/mol. The summed E-state index contributed by atoms with van der Waals surface area (Å²) in [5, 5.41) is 4.81. The number of pyridine rings is 1. The van der Waals surface area contributed by atoms with Crippen LogP contribution >= 0.6 is 27.7 Å². The second-order valence-corrected chi connectivity index (χ2v) is 8.13. The van der Waals surface area contributed by atoms with Crippen LogP contribution < -0.4 is 14.8 Å². The van der Waals surface area contributed by atoms with Crippen LogP contribution in [0.15, 0.2) is 52.0 Å². The zero-order valence-corrected chi connectivity index (χ0v) is 17.7. The highest BCUT2D eigenvalue weighted by atomic mass is 79.9. The molecule has 1 amide bonds. The summed E-state index contributed by atoms with van der Waals surface area (Å²) in [5.41, 5.74) is 2.72. The summed E-state index contributed by atoms with van der Waals surface area (Å²) in [6.45, 7) is 3.20. The molecule has 0 bridgehead atoms. The van der Waals surface area contributed by atoms with Crippen molar-refractivity contribution >= 4 is 50.2 Å². The van der Waals surface area contributed by atoms with Gasteiger partial charge in [-0.2, -0.15) is 0 Å². The van der Waals surface area contributed by atoms with Crippen molar-refractivity contribution in [1.82, 2.24) is 4.98 Å². The fraction of sp³-hybridized carbons (Fsp3) is 0.238. The van der Waals surface area contributed by atoms with Crippen LogP contribution in [0.2, 0.25) is 0 Å². The van der Waals surface area contributed by atoms with E-state index in [4.69, 9.17) is 14.5 Å². The van der Waals surface area contributed by atoms with Gasteiger partial charge in [-0.25, -0.2) is 4.98 Å². The van der Waals surface area contributed by atoms with Crippen LogP contribution in [0.4, 0.5) is 5.69 Å². The number of fused-ring (bicyclic) bond motifs is 2. The number of ether oxygens (including phenoxy) is 2. The lowest BCUT2D eigenvalue weighted by Crippen LogP contribution is -2.15. The van der Waals surface area contributed by atoms with Crippen LogP contribution in [-0.2, 0) is 11.2 Å². The van der Waals surface area contributed by atoms with Gasteiger partial charge in [0.05, 0.1) is 17.0 Å². The molecule has 0 radical (unpaired) electrons. The van der Waals surface area contributed by atoms with Gasteiger partial charge in [-0.15, -0.1) is 0 Å². The van der Waals surface area contributed by atoms with E-state index in [1.54, 1.807) is 0 Å². The van der Waals surface area contributed by atoms with Gasteiger partial charge >= 0.3 is 0 Å². The zero-order chi connectivity index (χ0) is 19.5. The number of carbonyl (C=O) groups excluding carboxylic acids is 1. The number of carbonyl (C=O) groups is 1. The summed E-state index contributed by atoms with van der Waals surface area (Å²) < 4.78 is 12.2. The molecule has 0 spiro atoms. The van der Waals surface area contributed by atoms with E-state index < -0.39 is 0 Å². The van der Waals surface area contributed by atoms with E-state index in [-0.39, 0.29) is 11.7 Å². The van der Waals surface area contributed by atoms with Crippen molar-refractivity contribution in [3.63, 3.8) is 0 Å². The van der Waals surface area contributed by atoms with E-state index in [0.29, 0.717) is 13.2 Å². The normalized spacial score (nSPS) is 12.8. The molecule has 2 heterocycles. The van der Waals surface area contributed by atoms with Crippen molar-refractivity contribution < 1.29 is 14.3 Å². The fourth-order valence-corrected chi connectivity index (χ4v) is 4.27. The molecule has 1 aliphatic rings. The van der Waals surface area contributed by atoms with Crippen molar-refractivity contribution in [3.05, 3.63) is 52.5 Å². The lowest BCUT2D eigenvalue weighted by molar-refractivity contribution is -0.113. The van der Waals surface area contributed by atoms with E-state index in [2.05, 4.69) is 34.2 Å². The van der Waals surface area contributed by atoms with E-state index in [9.17, 15) is 4.79 Å². The maximum atomic E-state index is 12.4. The number of hydrogen-bond acceptors (Lipinski definition) is 5. The minimum absolute atomic E-state index is 0.0666. The Morgan fingerprint density at radius 3 is 2.68 bits per heavy atom. The number of anilines is 1. The van der Waals surface area contributed by atoms with Crippen LogP contribution in [0.1, 0.15) is 12.5 Å². The second kappa shape index (κ2) is 8.41. The van der Waals surface area contributed by atoms with Crippen LogP contribution in [0.25, 0.3) is 10.9 Å². The van der Waals surface area contributed by atoms with E-state index in [0.717, 1.165) is 49.6 Å². The molecule has 2 aromatic carbocycles. The van der Waals surface area contributed by atoms with Crippen molar-refractivity contribution in [2.24, 2.45) is 0 Å². The van der Waals surface area contributed by atoms with Gasteiger partial charge in [-0.3, -0.25) is 4.79 Å². The maximum Gasteiger partial charge on any atom is 0.234 e. The molecule has 0 fully saturated rings. The average Bonchev–Trinajstić information content (AvgIpc) is 2.71. The lowest BCUT2D eigenvalue weighted by Gasteiger charge is -2.19. The molecule has 28 heavy (non-hydrogen) atoms. The van der Waals surface area contributed by atoms with E-state index >= 15 is 0 Å². The molecule has 5 nitrogen and oxygen atoms in total. The topological polar surface area (TPSA) is 60.5 Å². The Bertz CT molecular complexity index is 1040. The fourth-order valence-electron chi connectivity index (χ4n) is 3.00. The molecule has 144 valence electrons. The third-order valence-electron chi connectivity index (χ3n) is 4.39. The molecule has 1 N–H and O–H groups in total. The number of thioether (sulfide) groups is 1. The van der Waals surface area contributed by atoms with Crippen molar-refractivity contribution in [2.45, 2.75) is 18.4 Å². The van der Waals surface area contributed by atoms with E-state index in [1.165, 1.54) is 11.8 Å². The third-order valence-corrected chi connectivity index (χ3v) is 6.11. The summed E-state index contributed by atoms with van der Waals surface area (Å²) >= 11 is 4.89. The third kappa shape index (κ3) is 4.10. The smallest absolute Gasteiger partial charge is 0.234 e. The number of aromatic nitrogens is 1. The first-order chi connectivity index (χ1) is 13.6. The number of halogens is 1. The van der Waals surface area contributed by atoms with Crippen LogP contribution in [0.3, 0.4) is 0 Å². The minimum atomic E-state index is -0.0666. The predicted octanol–water partition coefficient (Wildman–Crippen LogP) is 5.06.